The van der Waals surface area contributed by atoms with Gasteiger partial charge < -0.3 is 9.47 Å². The van der Waals surface area contributed by atoms with Crippen LogP contribution in [0.2, 0.25) is 0 Å². The van der Waals surface area contributed by atoms with E-state index in [0.717, 1.165) is 57.7 Å². The minimum absolute atomic E-state index is 0.0509. The second-order valence-electron chi connectivity index (χ2n) is 7.79. The van der Waals surface area contributed by atoms with Gasteiger partial charge in [0.2, 0.25) is 5.91 Å². The zero-order valence-corrected chi connectivity index (χ0v) is 16.2. The SMILES string of the molecule is NNC(=O)C1CCCN(Cc2c(OCC3CCCO3)ccc3ccccc23)C1. The molecule has 2 fully saturated rings. The van der Waals surface area contributed by atoms with Gasteiger partial charge in [-0.05, 0) is 49.1 Å². The summed E-state index contributed by atoms with van der Waals surface area (Å²) in [5.41, 5.74) is 3.49. The fourth-order valence-corrected chi connectivity index (χ4v) is 4.33. The first-order valence-electron chi connectivity index (χ1n) is 10.2. The molecule has 2 aromatic rings. The number of likely N-dealkylation sites (tertiary alicyclic amines) is 1. The predicted molar refractivity (Wildman–Crippen MR) is 109 cm³/mol. The third-order valence-corrected chi connectivity index (χ3v) is 5.85. The van der Waals surface area contributed by atoms with Crippen LogP contribution in [0.4, 0.5) is 0 Å². The number of fused-ring (bicyclic) bond motifs is 1. The number of hydrogen-bond acceptors (Lipinski definition) is 5. The van der Waals surface area contributed by atoms with E-state index in [4.69, 9.17) is 15.3 Å². The molecule has 2 unspecified atom stereocenters. The Labute approximate surface area is 165 Å². The number of ether oxygens (including phenoxy) is 2. The standard InChI is InChI=1S/C22H29N3O3/c23-24-22(26)17-6-3-11-25(13-17)14-20-19-8-2-1-5-16(19)9-10-21(20)28-15-18-7-4-12-27-18/h1-2,5,8-10,17-18H,3-4,6-7,11-15,23H2,(H,24,26). The Morgan fingerprint density at radius 2 is 2.11 bits per heavy atom. The van der Waals surface area contributed by atoms with E-state index in [2.05, 4.69) is 46.7 Å². The molecule has 2 aliphatic rings. The van der Waals surface area contributed by atoms with Gasteiger partial charge in [0.15, 0.2) is 0 Å². The maximum absolute atomic E-state index is 12.0. The quantitative estimate of drug-likeness (QED) is 0.456. The molecular formula is C22H29N3O3. The minimum Gasteiger partial charge on any atom is -0.491 e. The number of carbonyl (C=O) groups excluding carboxylic acids is 1. The fourth-order valence-electron chi connectivity index (χ4n) is 4.33. The molecule has 150 valence electrons. The van der Waals surface area contributed by atoms with Crippen molar-refractivity contribution in [2.75, 3.05) is 26.3 Å². The van der Waals surface area contributed by atoms with Crippen molar-refractivity contribution in [2.24, 2.45) is 11.8 Å². The van der Waals surface area contributed by atoms with Crippen LogP contribution in [0.15, 0.2) is 36.4 Å². The summed E-state index contributed by atoms with van der Waals surface area (Å²) in [7, 11) is 0. The lowest BCUT2D eigenvalue weighted by Crippen LogP contribution is -2.44. The van der Waals surface area contributed by atoms with Crippen molar-refractivity contribution in [1.82, 2.24) is 10.3 Å². The fraction of sp³-hybridized carbons (Fsp3) is 0.500. The Morgan fingerprint density at radius 1 is 1.21 bits per heavy atom. The van der Waals surface area contributed by atoms with Crippen LogP contribution >= 0.6 is 0 Å². The zero-order chi connectivity index (χ0) is 19.3. The Balaban J connectivity index is 1.56. The van der Waals surface area contributed by atoms with E-state index in [1.807, 2.05) is 0 Å². The molecule has 4 rings (SSSR count). The number of piperidine rings is 1. The van der Waals surface area contributed by atoms with Gasteiger partial charge in [0, 0.05) is 25.3 Å². The molecule has 0 aromatic heterocycles. The summed E-state index contributed by atoms with van der Waals surface area (Å²) < 4.78 is 11.9. The van der Waals surface area contributed by atoms with Crippen molar-refractivity contribution in [2.45, 2.75) is 38.3 Å². The number of nitrogens with two attached hydrogens (primary N) is 1. The van der Waals surface area contributed by atoms with Gasteiger partial charge in [-0.1, -0.05) is 30.3 Å². The smallest absolute Gasteiger partial charge is 0.238 e. The van der Waals surface area contributed by atoms with Gasteiger partial charge in [0.05, 0.1) is 12.0 Å². The Bertz CT molecular complexity index is 820. The number of benzene rings is 2. The van der Waals surface area contributed by atoms with Crippen LogP contribution in [0.3, 0.4) is 0 Å². The highest BCUT2D eigenvalue weighted by Gasteiger charge is 2.26. The molecule has 2 saturated heterocycles. The molecule has 0 bridgehead atoms. The van der Waals surface area contributed by atoms with E-state index >= 15 is 0 Å². The van der Waals surface area contributed by atoms with Crippen molar-refractivity contribution >= 4 is 16.7 Å². The largest absolute Gasteiger partial charge is 0.491 e. The second-order valence-corrected chi connectivity index (χ2v) is 7.79. The molecule has 2 atom stereocenters. The van der Waals surface area contributed by atoms with E-state index in [1.165, 1.54) is 16.3 Å². The number of carbonyl (C=O) groups is 1. The highest BCUT2D eigenvalue weighted by atomic mass is 16.5. The first-order chi connectivity index (χ1) is 13.7. The van der Waals surface area contributed by atoms with E-state index in [-0.39, 0.29) is 17.9 Å². The summed E-state index contributed by atoms with van der Waals surface area (Å²) in [5, 5.41) is 2.41. The molecule has 0 spiro atoms. The van der Waals surface area contributed by atoms with Crippen LogP contribution in [0.5, 0.6) is 5.75 Å². The first kappa shape index (κ1) is 19.2. The zero-order valence-electron chi connectivity index (χ0n) is 16.2. The van der Waals surface area contributed by atoms with Crippen LogP contribution in [0.25, 0.3) is 10.8 Å². The third-order valence-electron chi connectivity index (χ3n) is 5.85. The number of hydrogen-bond donors (Lipinski definition) is 2. The molecule has 3 N–H and O–H groups in total. The molecule has 2 aromatic carbocycles. The highest BCUT2D eigenvalue weighted by Crippen LogP contribution is 2.31. The van der Waals surface area contributed by atoms with Gasteiger partial charge in [-0.3, -0.25) is 15.1 Å². The highest BCUT2D eigenvalue weighted by molar-refractivity contribution is 5.87. The lowest BCUT2D eigenvalue weighted by atomic mass is 9.96. The van der Waals surface area contributed by atoms with Gasteiger partial charge in [0.25, 0.3) is 0 Å². The summed E-state index contributed by atoms with van der Waals surface area (Å²) in [5.74, 6) is 6.14. The number of nitrogens with zero attached hydrogens (tertiary/aromatic N) is 1. The van der Waals surface area contributed by atoms with Crippen molar-refractivity contribution in [3.63, 3.8) is 0 Å². The van der Waals surface area contributed by atoms with E-state index in [1.54, 1.807) is 0 Å². The van der Waals surface area contributed by atoms with E-state index in [0.29, 0.717) is 6.61 Å². The van der Waals surface area contributed by atoms with Gasteiger partial charge in [-0.15, -0.1) is 0 Å². The first-order valence-corrected chi connectivity index (χ1v) is 10.2. The van der Waals surface area contributed by atoms with E-state index < -0.39 is 0 Å². The summed E-state index contributed by atoms with van der Waals surface area (Å²) in [4.78, 5) is 14.3. The Kier molecular flexibility index (Phi) is 6.10. The van der Waals surface area contributed by atoms with Crippen molar-refractivity contribution in [1.29, 1.82) is 0 Å². The number of rotatable bonds is 6. The Hall–Kier alpha value is -2.15. The average molecular weight is 383 g/mol. The maximum atomic E-state index is 12.0. The Morgan fingerprint density at radius 3 is 2.93 bits per heavy atom. The van der Waals surface area contributed by atoms with Crippen LogP contribution in [-0.2, 0) is 16.1 Å². The second kappa shape index (κ2) is 8.90. The van der Waals surface area contributed by atoms with Gasteiger partial charge in [-0.2, -0.15) is 0 Å². The molecule has 6 heteroatoms. The number of nitrogens with one attached hydrogen (secondary N) is 1. The molecule has 2 aliphatic heterocycles. The summed E-state index contributed by atoms with van der Waals surface area (Å²) in [6.45, 7) is 3.87. The predicted octanol–water partition coefficient (Wildman–Crippen LogP) is 2.60. The molecule has 0 radical (unpaired) electrons. The molecule has 0 aliphatic carbocycles. The molecule has 28 heavy (non-hydrogen) atoms. The molecule has 1 amide bonds. The van der Waals surface area contributed by atoms with Crippen molar-refractivity contribution < 1.29 is 14.3 Å². The normalized spacial score (nSPS) is 23.0. The molecule has 6 nitrogen and oxygen atoms in total. The molecular weight excluding hydrogens is 354 g/mol. The molecule has 2 heterocycles. The number of amides is 1. The van der Waals surface area contributed by atoms with Gasteiger partial charge >= 0.3 is 0 Å². The topological polar surface area (TPSA) is 76.8 Å². The average Bonchev–Trinajstić information content (AvgIpc) is 3.26. The summed E-state index contributed by atoms with van der Waals surface area (Å²) in [6.07, 6.45) is 4.24. The summed E-state index contributed by atoms with van der Waals surface area (Å²) >= 11 is 0. The monoisotopic (exact) mass is 383 g/mol. The van der Waals surface area contributed by atoms with Crippen LogP contribution < -0.4 is 16.0 Å². The van der Waals surface area contributed by atoms with Crippen LogP contribution in [0.1, 0.15) is 31.2 Å². The molecule has 0 saturated carbocycles. The summed E-state index contributed by atoms with van der Waals surface area (Å²) in [6, 6.07) is 12.6. The van der Waals surface area contributed by atoms with Gasteiger partial charge in [0.1, 0.15) is 12.4 Å². The third kappa shape index (κ3) is 4.29. The van der Waals surface area contributed by atoms with Gasteiger partial charge in [-0.25, -0.2) is 5.84 Å². The van der Waals surface area contributed by atoms with Crippen LogP contribution in [0, 0.1) is 5.92 Å². The lowest BCUT2D eigenvalue weighted by molar-refractivity contribution is -0.126. The van der Waals surface area contributed by atoms with Crippen LogP contribution in [-0.4, -0.2) is 43.2 Å². The minimum atomic E-state index is -0.0718. The maximum Gasteiger partial charge on any atom is 0.238 e. The van der Waals surface area contributed by atoms with Crippen molar-refractivity contribution in [3.05, 3.63) is 42.0 Å². The number of hydrazine groups is 1. The van der Waals surface area contributed by atoms with Crippen molar-refractivity contribution in [3.8, 4) is 5.75 Å². The van der Waals surface area contributed by atoms with E-state index in [9.17, 15) is 4.79 Å². The lowest BCUT2D eigenvalue weighted by Gasteiger charge is -2.32.